The van der Waals surface area contributed by atoms with Gasteiger partial charge in [0.1, 0.15) is 0 Å². The normalized spacial score (nSPS) is 16.0. The van der Waals surface area contributed by atoms with Crippen LogP contribution in [0.4, 0.5) is 13.2 Å². The molecular formula is C12H11F3O2. The highest BCUT2D eigenvalue weighted by molar-refractivity contribution is 5.90. The lowest BCUT2D eigenvalue weighted by Gasteiger charge is -2.16. The van der Waals surface area contributed by atoms with Crippen molar-refractivity contribution in [3.63, 3.8) is 0 Å². The molecule has 5 heteroatoms. The zero-order valence-corrected chi connectivity index (χ0v) is 9.14. The Morgan fingerprint density at radius 2 is 1.94 bits per heavy atom. The number of halogens is 3. The van der Waals surface area contributed by atoms with Gasteiger partial charge in [-0.15, -0.1) is 0 Å². The van der Waals surface area contributed by atoms with Gasteiger partial charge < -0.3 is 5.11 Å². The van der Waals surface area contributed by atoms with Crippen LogP contribution < -0.4 is 0 Å². The molecule has 0 aliphatic heterocycles. The molecule has 1 aromatic carbocycles. The van der Waals surface area contributed by atoms with E-state index < -0.39 is 17.7 Å². The molecule has 2 rings (SSSR count). The van der Waals surface area contributed by atoms with Crippen LogP contribution >= 0.6 is 0 Å². The summed E-state index contributed by atoms with van der Waals surface area (Å²) in [5.41, 5.74) is -0.324. The first kappa shape index (κ1) is 12.0. The van der Waals surface area contributed by atoms with Crippen molar-refractivity contribution in [2.45, 2.75) is 31.9 Å². The Hall–Kier alpha value is -1.52. The van der Waals surface area contributed by atoms with E-state index in [0.717, 1.165) is 12.1 Å². The largest absolute Gasteiger partial charge is 0.478 e. The van der Waals surface area contributed by atoms with E-state index in [1.54, 1.807) is 0 Å². The minimum absolute atomic E-state index is 0.0418. The van der Waals surface area contributed by atoms with Gasteiger partial charge in [0.25, 0.3) is 0 Å². The molecule has 0 atom stereocenters. The van der Waals surface area contributed by atoms with Crippen molar-refractivity contribution in [2.24, 2.45) is 0 Å². The number of benzene rings is 1. The molecule has 1 aliphatic carbocycles. The fraction of sp³-hybridized carbons (Fsp3) is 0.417. The van der Waals surface area contributed by atoms with E-state index in [1.165, 1.54) is 6.92 Å². The maximum atomic E-state index is 12.8. The van der Waals surface area contributed by atoms with Crippen molar-refractivity contribution < 1.29 is 23.1 Å². The number of rotatable bonds is 2. The molecular weight excluding hydrogens is 233 g/mol. The first-order valence-corrected chi connectivity index (χ1v) is 5.26. The Morgan fingerprint density at radius 3 is 2.35 bits per heavy atom. The quantitative estimate of drug-likeness (QED) is 0.863. The Kier molecular flexibility index (Phi) is 2.64. The van der Waals surface area contributed by atoms with Crippen molar-refractivity contribution in [3.8, 4) is 0 Å². The number of alkyl halides is 3. The molecule has 0 heterocycles. The highest BCUT2D eigenvalue weighted by Crippen LogP contribution is 2.47. The van der Waals surface area contributed by atoms with E-state index >= 15 is 0 Å². The van der Waals surface area contributed by atoms with Crippen LogP contribution in [0.5, 0.6) is 0 Å². The average Bonchev–Trinajstić information content (AvgIpc) is 2.98. The van der Waals surface area contributed by atoms with Crippen molar-refractivity contribution >= 4 is 5.97 Å². The number of hydrogen-bond donors (Lipinski definition) is 1. The highest BCUT2D eigenvalue weighted by atomic mass is 19.4. The van der Waals surface area contributed by atoms with Crippen molar-refractivity contribution in [1.29, 1.82) is 0 Å². The van der Waals surface area contributed by atoms with Gasteiger partial charge in [-0.3, -0.25) is 0 Å². The number of aromatic carboxylic acids is 1. The first-order valence-electron chi connectivity index (χ1n) is 5.26. The third-order valence-corrected chi connectivity index (χ3v) is 3.04. The van der Waals surface area contributed by atoms with Gasteiger partial charge in [0.05, 0.1) is 11.1 Å². The number of carboxylic acid groups (broad SMARTS) is 1. The summed E-state index contributed by atoms with van der Waals surface area (Å²) in [5, 5.41) is 8.90. The molecule has 0 saturated heterocycles. The summed E-state index contributed by atoms with van der Waals surface area (Å²) >= 11 is 0. The maximum Gasteiger partial charge on any atom is 0.416 e. The zero-order valence-electron chi connectivity index (χ0n) is 9.14. The topological polar surface area (TPSA) is 37.3 Å². The Balaban J connectivity index is 2.63. The molecule has 1 aliphatic rings. The number of carboxylic acids is 1. The van der Waals surface area contributed by atoms with Crippen molar-refractivity contribution in [2.75, 3.05) is 0 Å². The van der Waals surface area contributed by atoms with E-state index in [0.29, 0.717) is 12.8 Å². The molecule has 0 amide bonds. The molecule has 0 spiro atoms. The molecule has 1 fully saturated rings. The summed E-state index contributed by atoms with van der Waals surface area (Å²) in [5.74, 6) is -1.32. The molecule has 1 saturated carbocycles. The predicted molar refractivity (Wildman–Crippen MR) is 55.1 cm³/mol. The molecule has 0 aromatic heterocycles. The summed E-state index contributed by atoms with van der Waals surface area (Å²) in [6.45, 7) is 1.45. The first-order chi connectivity index (χ1) is 7.82. The second-order valence-corrected chi connectivity index (χ2v) is 4.28. The van der Waals surface area contributed by atoms with E-state index in [1.807, 2.05) is 0 Å². The summed E-state index contributed by atoms with van der Waals surface area (Å²) in [4.78, 5) is 10.9. The van der Waals surface area contributed by atoms with Gasteiger partial charge in [-0.1, -0.05) is 0 Å². The summed E-state index contributed by atoms with van der Waals surface area (Å²) in [7, 11) is 0. The second-order valence-electron chi connectivity index (χ2n) is 4.28. The molecule has 1 N–H and O–H groups in total. The highest BCUT2D eigenvalue weighted by Gasteiger charge is 2.39. The van der Waals surface area contributed by atoms with Gasteiger partial charge >= 0.3 is 12.1 Å². The van der Waals surface area contributed by atoms with Crippen LogP contribution in [-0.4, -0.2) is 11.1 Å². The minimum Gasteiger partial charge on any atom is -0.478 e. The summed E-state index contributed by atoms with van der Waals surface area (Å²) < 4.78 is 38.4. The standard InChI is InChI=1S/C12H11F3O2/c1-6-8(11(16)17)4-5-9(12(13,14)15)10(6)7-2-3-7/h4-5,7H,2-3H2,1H3,(H,16,17). The lowest BCUT2D eigenvalue weighted by Crippen LogP contribution is -2.13. The Labute approximate surface area is 96.1 Å². The Morgan fingerprint density at radius 1 is 1.35 bits per heavy atom. The lowest BCUT2D eigenvalue weighted by molar-refractivity contribution is -0.138. The maximum absolute atomic E-state index is 12.8. The molecule has 0 radical (unpaired) electrons. The molecule has 1 aromatic rings. The SMILES string of the molecule is Cc1c(C(=O)O)ccc(C(F)(F)F)c1C1CC1. The minimum atomic E-state index is -4.42. The van der Waals surface area contributed by atoms with Gasteiger partial charge in [-0.25, -0.2) is 4.79 Å². The Bertz CT molecular complexity index is 473. The third-order valence-electron chi connectivity index (χ3n) is 3.04. The molecule has 0 bridgehead atoms. The smallest absolute Gasteiger partial charge is 0.416 e. The molecule has 2 nitrogen and oxygen atoms in total. The van der Waals surface area contributed by atoms with Gasteiger partial charge in [0, 0.05) is 0 Å². The number of carbonyl (C=O) groups is 1. The van der Waals surface area contributed by atoms with Crippen LogP contribution in [0, 0.1) is 6.92 Å². The summed E-state index contributed by atoms with van der Waals surface area (Å²) in [6, 6.07) is 1.91. The fourth-order valence-corrected chi connectivity index (χ4v) is 2.11. The third kappa shape index (κ3) is 2.14. The molecule has 92 valence electrons. The van der Waals surface area contributed by atoms with E-state index in [9.17, 15) is 18.0 Å². The number of hydrogen-bond acceptors (Lipinski definition) is 1. The van der Waals surface area contributed by atoms with Crippen LogP contribution in [0.2, 0.25) is 0 Å². The van der Waals surface area contributed by atoms with Gasteiger partial charge in [0.15, 0.2) is 0 Å². The van der Waals surface area contributed by atoms with Crippen LogP contribution in [0.1, 0.15) is 45.8 Å². The van der Waals surface area contributed by atoms with Crippen LogP contribution in [0.25, 0.3) is 0 Å². The van der Waals surface area contributed by atoms with Gasteiger partial charge in [0.2, 0.25) is 0 Å². The van der Waals surface area contributed by atoms with Crippen LogP contribution in [0.15, 0.2) is 12.1 Å². The predicted octanol–water partition coefficient (Wildman–Crippen LogP) is 3.59. The second kappa shape index (κ2) is 3.75. The van der Waals surface area contributed by atoms with E-state index in [4.69, 9.17) is 5.11 Å². The zero-order chi connectivity index (χ0) is 12.8. The molecule has 0 unspecified atom stereocenters. The van der Waals surface area contributed by atoms with Gasteiger partial charge in [-0.05, 0) is 48.9 Å². The van der Waals surface area contributed by atoms with Crippen molar-refractivity contribution in [1.82, 2.24) is 0 Å². The van der Waals surface area contributed by atoms with Crippen molar-refractivity contribution in [3.05, 3.63) is 34.4 Å². The molecule has 17 heavy (non-hydrogen) atoms. The summed E-state index contributed by atoms with van der Waals surface area (Å²) in [6.07, 6.45) is -3.01. The van der Waals surface area contributed by atoms with Crippen LogP contribution in [0.3, 0.4) is 0 Å². The lowest BCUT2D eigenvalue weighted by atomic mass is 9.93. The fourth-order valence-electron chi connectivity index (χ4n) is 2.11. The van der Waals surface area contributed by atoms with E-state index in [-0.39, 0.29) is 22.6 Å². The monoisotopic (exact) mass is 244 g/mol. The average molecular weight is 244 g/mol. The van der Waals surface area contributed by atoms with Crippen LogP contribution in [-0.2, 0) is 6.18 Å². The van der Waals surface area contributed by atoms with E-state index in [2.05, 4.69) is 0 Å². The van der Waals surface area contributed by atoms with Gasteiger partial charge in [-0.2, -0.15) is 13.2 Å².